The van der Waals surface area contributed by atoms with Crippen molar-refractivity contribution in [1.82, 2.24) is 10.2 Å². The van der Waals surface area contributed by atoms with E-state index in [1.165, 1.54) is 0 Å². The van der Waals surface area contributed by atoms with E-state index in [0.717, 1.165) is 12.8 Å². The van der Waals surface area contributed by atoms with Gasteiger partial charge < -0.3 is 15.0 Å². The number of nitrogens with zero attached hydrogens (tertiary/aromatic N) is 2. The molecule has 5 nitrogen and oxygen atoms in total. The van der Waals surface area contributed by atoms with Crippen LogP contribution in [0.3, 0.4) is 0 Å². The van der Waals surface area contributed by atoms with Crippen LogP contribution in [0.25, 0.3) is 0 Å². The second-order valence-electron chi connectivity index (χ2n) is 6.24. The molecular formula is C13H21N3O2. The third-order valence-corrected chi connectivity index (χ3v) is 3.33. The lowest BCUT2D eigenvalue weighted by Gasteiger charge is -2.44. The summed E-state index contributed by atoms with van der Waals surface area (Å²) in [7, 11) is 0. The molecule has 0 radical (unpaired) electrons. The summed E-state index contributed by atoms with van der Waals surface area (Å²) in [6.45, 7) is 7.04. The van der Waals surface area contributed by atoms with Crippen molar-refractivity contribution in [2.24, 2.45) is 5.92 Å². The van der Waals surface area contributed by atoms with Crippen LogP contribution in [0.4, 0.5) is 4.79 Å². The molecule has 2 rings (SSSR count). The molecule has 0 unspecified atom stereocenters. The fourth-order valence-corrected chi connectivity index (χ4v) is 2.25. The van der Waals surface area contributed by atoms with Crippen molar-refractivity contribution in [1.29, 1.82) is 5.26 Å². The number of hydrogen-bond donors (Lipinski definition) is 1. The number of nitrogens with one attached hydrogen (secondary N) is 1. The molecular weight excluding hydrogens is 230 g/mol. The molecule has 1 amide bonds. The number of rotatable bonds is 2. The normalized spacial score (nSPS) is 28.0. The summed E-state index contributed by atoms with van der Waals surface area (Å²) in [5, 5.41) is 12.1. The molecule has 18 heavy (non-hydrogen) atoms. The highest BCUT2D eigenvalue weighted by Crippen LogP contribution is 2.27. The first-order valence-electron chi connectivity index (χ1n) is 6.51. The average Bonchev–Trinajstić information content (AvgIpc) is 2.09. The Morgan fingerprint density at radius 1 is 1.33 bits per heavy atom. The van der Waals surface area contributed by atoms with Crippen molar-refractivity contribution in [2.45, 2.75) is 51.3 Å². The fraction of sp³-hybridized carbons (Fsp3) is 0.846. The SMILES string of the molecule is CC(C)(C)OC(=O)N1CC(NC2CC(C#N)C2)C1. The van der Waals surface area contributed by atoms with Gasteiger partial charge in [-0.05, 0) is 33.6 Å². The van der Waals surface area contributed by atoms with E-state index >= 15 is 0 Å². The van der Waals surface area contributed by atoms with E-state index < -0.39 is 5.60 Å². The molecule has 1 heterocycles. The summed E-state index contributed by atoms with van der Waals surface area (Å²) < 4.78 is 5.29. The summed E-state index contributed by atoms with van der Waals surface area (Å²) in [4.78, 5) is 13.4. The maximum atomic E-state index is 11.7. The van der Waals surface area contributed by atoms with Gasteiger partial charge in [0.2, 0.25) is 0 Å². The molecule has 0 atom stereocenters. The maximum absolute atomic E-state index is 11.7. The van der Waals surface area contributed by atoms with Crippen LogP contribution in [0, 0.1) is 17.2 Å². The van der Waals surface area contributed by atoms with Crippen LogP contribution < -0.4 is 5.32 Å². The Labute approximate surface area is 108 Å². The van der Waals surface area contributed by atoms with Gasteiger partial charge in [0.25, 0.3) is 0 Å². The van der Waals surface area contributed by atoms with Gasteiger partial charge in [-0.15, -0.1) is 0 Å². The summed E-state index contributed by atoms with van der Waals surface area (Å²) in [5.41, 5.74) is -0.427. The average molecular weight is 251 g/mol. The Kier molecular flexibility index (Phi) is 3.49. The molecule has 0 aromatic carbocycles. The number of hydrogen-bond acceptors (Lipinski definition) is 4. The lowest BCUT2D eigenvalue weighted by molar-refractivity contribution is 0.00238. The van der Waals surface area contributed by atoms with Crippen molar-refractivity contribution in [3.8, 4) is 6.07 Å². The number of carbonyl (C=O) groups excluding carboxylic acids is 1. The Hall–Kier alpha value is -1.28. The molecule has 0 aromatic heterocycles. The Morgan fingerprint density at radius 3 is 2.44 bits per heavy atom. The van der Waals surface area contributed by atoms with Gasteiger partial charge in [-0.1, -0.05) is 0 Å². The second kappa shape index (κ2) is 4.77. The number of likely N-dealkylation sites (tertiary alicyclic amines) is 1. The van der Waals surface area contributed by atoms with Crippen LogP contribution in [0.2, 0.25) is 0 Å². The van der Waals surface area contributed by atoms with Crippen molar-refractivity contribution in [3.63, 3.8) is 0 Å². The van der Waals surface area contributed by atoms with E-state index in [4.69, 9.17) is 10.00 Å². The molecule has 1 N–H and O–H groups in total. The van der Waals surface area contributed by atoms with Crippen molar-refractivity contribution < 1.29 is 9.53 Å². The minimum absolute atomic E-state index is 0.226. The van der Waals surface area contributed by atoms with Crippen molar-refractivity contribution in [3.05, 3.63) is 0 Å². The molecule has 1 saturated carbocycles. The number of carbonyl (C=O) groups is 1. The largest absolute Gasteiger partial charge is 0.444 e. The lowest BCUT2D eigenvalue weighted by atomic mass is 9.81. The van der Waals surface area contributed by atoms with Gasteiger partial charge in [0.15, 0.2) is 0 Å². The fourth-order valence-electron chi connectivity index (χ4n) is 2.25. The van der Waals surface area contributed by atoms with E-state index in [0.29, 0.717) is 25.2 Å². The summed E-state index contributed by atoms with van der Waals surface area (Å²) in [5.74, 6) is 0.226. The first-order valence-corrected chi connectivity index (χ1v) is 6.51. The molecule has 0 spiro atoms. The van der Waals surface area contributed by atoms with Crippen LogP contribution in [0.15, 0.2) is 0 Å². The third kappa shape index (κ3) is 3.14. The van der Waals surface area contributed by atoms with Gasteiger partial charge in [0.05, 0.1) is 6.07 Å². The van der Waals surface area contributed by atoms with Crippen molar-refractivity contribution >= 4 is 6.09 Å². The molecule has 1 saturated heterocycles. The highest BCUT2D eigenvalue weighted by atomic mass is 16.6. The number of nitriles is 1. The summed E-state index contributed by atoms with van der Waals surface area (Å²) >= 11 is 0. The Bertz CT molecular complexity index is 357. The zero-order valence-electron chi connectivity index (χ0n) is 11.3. The van der Waals surface area contributed by atoms with Gasteiger partial charge in [-0.25, -0.2) is 4.79 Å². The molecule has 0 bridgehead atoms. The highest BCUT2D eigenvalue weighted by molar-refractivity contribution is 5.69. The Morgan fingerprint density at radius 2 is 1.94 bits per heavy atom. The van der Waals surface area contributed by atoms with Gasteiger partial charge in [-0.2, -0.15) is 5.26 Å². The first-order chi connectivity index (χ1) is 8.37. The van der Waals surface area contributed by atoms with E-state index in [1.54, 1.807) is 4.90 Å². The van der Waals surface area contributed by atoms with Crippen LogP contribution in [-0.2, 0) is 4.74 Å². The first kappa shape index (κ1) is 13.2. The lowest BCUT2D eigenvalue weighted by Crippen LogP contribution is -2.63. The summed E-state index contributed by atoms with van der Waals surface area (Å²) in [6.07, 6.45) is 1.66. The number of ether oxygens (including phenoxy) is 1. The zero-order chi connectivity index (χ0) is 13.3. The van der Waals surface area contributed by atoms with E-state index in [1.807, 2.05) is 20.8 Å². The van der Waals surface area contributed by atoms with Crippen molar-refractivity contribution in [2.75, 3.05) is 13.1 Å². The molecule has 100 valence electrons. The standard InChI is InChI=1S/C13H21N3O2/c1-13(2,3)18-12(17)16-7-11(8-16)15-10-4-9(5-10)6-14/h9-11,15H,4-5,7-8H2,1-3H3. The predicted molar refractivity (Wildman–Crippen MR) is 66.9 cm³/mol. The predicted octanol–water partition coefficient (Wildman–Crippen LogP) is 1.50. The molecule has 1 aliphatic carbocycles. The highest BCUT2D eigenvalue weighted by Gasteiger charge is 2.37. The van der Waals surface area contributed by atoms with Crippen LogP contribution in [-0.4, -0.2) is 41.8 Å². The summed E-state index contributed by atoms with van der Waals surface area (Å²) in [6, 6.07) is 3.09. The molecule has 0 aromatic rings. The van der Waals surface area contributed by atoms with Crippen LogP contribution in [0.1, 0.15) is 33.6 Å². The maximum Gasteiger partial charge on any atom is 0.410 e. The van der Waals surface area contributed by atoms with Gasteiger partial charge in [0, 0.05) is 31.1 Å². The van der Waals surface area contributed by atoms with Gasteiger partial charge in [-0.3, -0.25) is 0 Å². The van der Waals surface area contributed by atoms with E-state index in [-0.39, 0.29) is 12.0 Å². The third-order valence-electron chi connectivity index (χ3n) is 3.33. The Balaban J connectivity index is 1.63. The molecule has 2 fully saturated rings. The second-order valence-corrected chi connectivity index (χ2v) is 6.24. The smallest absolute Gasteiger partial charge is 0.410 e. The minimum Gasteiger partial charge on any atom is -0.444 e. The minimum atomic E-state index is -0.427. The quantitative estimate of drug-likeness (QED) is 0.807. The molecule has 2 aliphatic rings. The molecule has 1 aliphatic heterocycles. The monoisotopic (exact) mass is 251 g/mol. The topological polar surface area (TPSA) is 65.4 Å². The van der Waals surface area contributed by atoms with Crippen LogP contribution in [0.5, 0.6) is 0 Å². The van der Waals surface area contributed by atoms with E-state index in [2.05, 4.69) is 11.4 Å². The molecule has 5 heteroatoms. The van der Waals surface area contributed by atoms with Gasteiger partial charge >= 0.3 is 6.09 Å². The van der Waals surface area contributed by atoms with Crippen LogP contribution >= 0.6 is 0 Å². The number of amides is 1. The zero-order valence-corrected chi connectivity index (χ0v) is 11.3. The van der Waals surface area contributed by atoms with E-state index in [9.17, 15) is 4.79 Å². The van der Waals surface area contributed by atoms with Gasteiger partial charge in [0.1, 0.15) is 5.60 Å².